The summed E-state index contributed by atoms with van der Waals surface area (Å²) < 4.78 is 0. The van der Waals surface area contributed by atoms with Crippen LogP contribution in [0.1, 0.15) is 0 Å². The van der Waals surface area contributed by atoms with E-state index in [2.05, 4.69) is 5.73 Å². The molecule has 4 N–H and O–H groups in total. The van der Waals surface area contributed by atoms with Gasteiger partial charge in [-0.25, -0.2) is 0 Å². The van der Waals surface area contributed by atoms with Crippen LogP contribution in [0.3, 0.4) is 0 Å². The van der Waals surface area contributed by atoms with E-state index in [1.54, 1.807) is 0 Å². The molecular weight excluding hydrogens is 184 g/mol. The van der Waals surface area contributed by atoms with Gasteiger partial charge >= 0.3 is 33.5 Å². The molecule has 0 aliphatic carbocycles. The second-order valence-electron chi connectivity index (χ2n) is 0.659. The van der Waals surface area contributed by atoms with Gasteiger partial charge in [0.1, 0.15) is 0 Å². The van der Waals surface area contributed by atoms with Gasteiger partial charge in [-0.15, -0.1) is 0 Å². The molecule has 4 nitrogen and oxygen atoms in total. The number of carbonyl (C=O) groups is 1. The summed E-state index contributed by atoms with van der Waals surface area (Å²) in [5.74, 6) is -1.22. The van der Waals surface area contributed by atoms with E-state index in [0.29, 0.717) is 0 Å². The number of carboxylic acids is 1. The summed E-state index contributed by atoms with van der Waals surface area (Å²) in [6.45, 7) is -0.389. The molecule has 0 radical (unpaired) electrons. The fourth-order valence-electron chi connectivity index (χ4n) is 0. The summed E-state index contributed by atoms with van der Waals surface area (Å²) in [6, 6.07) is 0. The molecule has 0 amide bonds. The third-order valence-electron chi connectivity index (χ3n) is 0.167. The molecule has 0 spiro atoms. The Morgan fingerprint density at radius 1 is 1.67 bits per heavy atom. The Morgan fingerprint density at radius 2 is 1.78 bits per heavy atom. The van der Waals surface area contributed by atoms with Crippen molar-refractivity contribution in [3.05, 3.63) is 0 Å². The van der Waals surface area contributed by atoms with Crippen LogP contribution in [-0.4, -0.2) is 31.4 Å². The molecule has 0 heterocycles. The first-order chi connectivity index (χ1) is 3.68. The van der Waals surface area contributed by atoms with Crippen LogP contribution in [0.4, 0.5) is 0 Å². The van der Waals surface area contributed by atoms with Crippen LogP contribution < -0.4 is 10.8 Å². The van der Waals surface area contributed by atoms with E-state index in [1.165, 1.54) is 0 Å². The molecule has 0 fully saturated rings. The third kappa shape index (κ3) is 57.4. The first-order valence-electron chi connectivity index (χ1n) is 1.61. The molecule has 0 aliphatic rings. The molecule has 7 heteroatoms. The van der Waals surface area contributed by atoms with Crippen molar-refractivity contribution in [2.45, 2.75) is 0 Å². The summed E-state index contributed by atoms with van der Waals surface area (Å²) in [5.41, 5.74) is 4.51. The van der Waals surface area contributed by atoms with Crippen LogP contribution in [0.25, 0.3) is 0 Å². The first kappa shape index (κ1) is 16.2. The Kier molecular flexibility index (Phi) is 28.5. The van der Waals surface area contributed by atoms with Gasteiger partial charge in [-0.2, -0.15) is 0 Å². The minimum absolute atomic E-state index is 0. The molecule has 0 aliphatic heterocycles. The zero-order valence-corrected chi connectivity index (χ0v) is 7.10. The number of halogens is 2. The number of carbonyl (C=O) groups excluding carboxylic acids is 1. The van der Waals surface area contributed by atoms with E-state index in [9.17, 15) is 0 Å². The Hall–Kier alpha value is 0.502. The second kappa shape index (κ2) is 15.8. The summed E-state index contributed by atoms with van der Waals surface area (Å²) in [5, 5.41) is 9.13. The Bertz CT molecular complexity index is 63.8. The van der Waals surface area contributed by atoms with E-state index in [4.69, 9.17) is 30.0 Å². The number of carboxylic acid groups (broad SMARTS) is 1. The molecule has 0 aromatic rings. The zero-order chi connectivity index (χ0) is 6.99. The molecule has 0 rings (SSSR count). The standard InChI is InChI=1S/C2H5NO2.Al.2ClH.H2O/c3-1-2(4)5;;;;/h1,3H2,(H,4,5);;2*1H;1H2/q;+3;;;/p-3. The number of aliphatic carboxylic acids is 1. The van der Waals surface area contributed by atoms with E-state index in [1.807, 2.05) is 0 Å². The third-order valence-corrected chi connectivity index (χ3v) is 0.167. The Labute approximate surface area is 67.4 Å². The zero-order valence-electron chi connectivity index (χ0n) is 4.43. The van der Waals surface area contributed by atoms with Crippen molar-refractivity contribution in [1.82, 2.24) is 0 Å². The summed E-state index contributed by atoms with van der Waals surface area (Å²) in [6.07, 6.45) is 0. The molecule has 9 heavy (non-hydrogen) atoms. The number of nitrogens with two attached hydrogens (primary N) is 1. The monoisotopic (exact) mass is 189 g/mol. The van der Waals surface area contributed by atoms with Crippen molar-refractivity contribution in [2.24, 2.45) is 5.73 Å². The van der Waals surface area contributed by atoms with Crippen LogP contribution in [-0.2, 0) is 4.79 Å². The van der Waals surface area contributed by atoms with E-state index in [0.717, 1.165) is 0 Å². The Balaban J connectivity index is -0.0000000800. The maximum atomic E-state index is 9.13. The topological polar surface area (TPSA) is 97.7 Å². The van der Waals surface area contributed by atoms with Gasteiger partial charge in [0.15, 0.2) is 0 Å². The Morgan fingerprint density at radius 3 is 1.78 bits per heavy atom. The first-order valence-corrected chi connectivity index (χ1v) is 5.10. The van der Waals surface area contributed by atoms with Crippen LogP contribution in [0.5, 0.6) is 0 Å². The fourth-order valence-corrected chi connectivity index (χ4v) is 0. The SMILES string of the molecule is NCC(=O)[O-].O.[Cl][Al+][Cl]. The molecule has 0 bridgehead atoms. The average Bonchev–Trinajstić information content (AvgIpc) is 1.69. The van der Waals surface area contributed by atoms with Gasteiger partial charge in [-0.1, -0.05) is 0 Å². The van der Waals surface area contributed by atoms with Crippen LogP contribution in [0, 0.1) is 0 Å². The summed E-state index contributed by atoms with van der Waals surface area (Å²) in [4.78, 5) is 9.13. The molecular formula is C2H6AlCl2NO3. The van der Waals surface area contributed by atoms with Crippen molar-refractivity contribution in [3.63, 3.8) is 0 Å². The second-order valence-corrected chi connectivity index (χ2v) is 2.80. The van der Waals surface area contributed by atoms with Gasteiger partial charge in [0.2, 0.25) is 0 Å². The van der Waals surface area contributed by atoms with Gasteiger partial charge in [0.25, 0.3) is 0 Å². The van der Waals surface area contributed by atoms with Crippen molar-refractivity contribution in [1.29, 1.82) is 0 Å². The molecule has 0 saturated heterocycles. The molecule has 0 atom stereocenters. The van der Waals surface area contributed by atoms with Crippen molar-refractivity contribution in [3.8, 4) is 0 Å². The van der Waals surface area contributed by atoms with Crippen molar-refractivity contribution in [2.75, 3.05) is 6.54 Å². The predicted octanol–water partition coefficient (Wildman–Crippen LogP) is -2.13. The van der Waals surface area contributed by atoms with Crippen molar-refractivity contribution < 1.29 is 15.4 Å². The molecule has 0 aromatic carbocycles. The fraction of sp³-hybridized carbons (Fsp3) is 0.500. The summed E-state index contributed by atoms with van der Waals surface area (Å²) in [7, 11) is 9.69. The van der Waals surface area contributed by atoms with E-state index >= 15 is 0 Å². The summed E-state index contributed by atoms with van der Waals surface area (Å²) >= 11 is -0.306. The quantitative estimate of drug-likeness (QED) is 0.478. The predicted molar refractivity (Wildman–Crippen MR) is 35.1 cm³/mol. The maximum absolute atomic E-state index is 9.13. The number of hydrogen-bond donors (Lipinski definition) is 1. The molecule has 0 unspecified atom stereocenters. The minimum atomic E-state index is -1.22. The van der Waals surface area contributed by atoms with E-state index < -0.39 is 5.97 Å². The van der Waals surface area contributed by atoms with Gasteiger partial charge in [0.05, 0.1) is 5.97 Å². The van der Waals surface area contributed by atoms with E-state index in [-0.39, 0.29) is 25.4 Å². The molecule has 0 aromatic heterocycles. The molecule has 54 valence electrons. The number of rotatable bonds is 1. The molecule has 0 saturated carbocycles. The van der Waals surface area contributed by atoms with Crippen LogP contribution in [0.2, 0.25) is 0 Å². The van der Waals surface area contributed by atoms with Crippen molar-refractivity contribution >= 4 is 39.4 Å². The van der Waals surface area contributed by atoms with Gasteiger partial charge in [-0.05, 0) is 0 Å². The van der Waals surface area contributed by atoms with Crippen LogP contribution >= 0.6 is 20.1 Å². The average molecular weight is 190 g/mol. The van der Waals surface area contributed by atoms with Gasteiger partial charge in [-0.3, -0.25) is 0 Å². The normalized spacial score (nSPS) is 5.22. The van der Waals surface area contributed by atoms with Gasteiger partial charge in [0, 0.05) is 6.54 Å². The number of hydrogen-bond acceptors (Lipinski definition) is 3. The van der Waals surface area contributed by atoms with Gasteiger partial charge < -0.3 is 21.1 Å². The van der Waals surface area contributed by atoms with Crippen LogP contribution in [0.15, 0.2) is 0 Å².